The predicted molar refractivity (Wildman–Crippen MR) is 146 cm³/mol. The Kier molecular flexibility index (Phi) is 6.31. The summed E-state index contributed by atoms with van der Waals surface area (Å²) in [6.45, 7) is 0.647. The fraction of sp³-hybridized carbons (Fsp3) is 0.345. The molecule has 2 aliphatic carbocycles. The molecule has 2 heterocycles. The number of fused-ring (bicyclic) bond motifs is 2. The first kappa shape index (κ1) is 24.8. The van der Waals surface area contributed by atoms with Crippen molar-refractivity contribution < 1.29 is 13.9 Å². The summed E-state index contributed by atoms with van der Waals surface area (Å²) in [4.78, 5) is 23.6. The fourth-order valence-corrected chi connectivity index (χ4v) is 5.96. The van der Waals surface area contributed by atoms with E-state index in [1.54, 1.807) is 12.1 Å². The van der Waals surface area contributed by atoms with Gasteiger partial charge in [0.1, 0.15) is 18.0 Å². The first-order valence-electron chi connectivity index (χ1n) is 12.6. The van der Waals surface area contributed by atoms with Crippen LogP contribution >= 0.6 is 11.6 Å². The molecule has 3 fully saturated rings. The molecule has 0 radical (unpaired) electrons. The molecular weight excluding hydrogens is 505 g/mol. The smallest absolute Gasteiger partial charge is 0.248 e. The SMILES string of the molecule is CN(C)C/C=C/C(=O)Nc1cc2c(Nc3ccc(F)c(Cl)c3)ncnc2cc1C#C[C@@]12CC3O[C@@H](CC31)C2. The van der Waals surface area contributed by atoms with Crippen molar-refractivity contribution in [1.82, 2.24) is 14.9 Å². The van der Waals surface area contributed by atoms with Crippen LogP contribution in [0.4, 0.5) is 21.6 Å². The number of rotatable bonds is 6. The van der Waals surface area contributed by atoms with E-state index in [1.807, 2.05) is 31.1 Å². The van der Waals surface area contributed by atoms with Gasteiger partial charge >= 0.3 is 0 Å². The summed E-state index contributed by atoms with van der Waals surface area (Å²) >= 11 is 5.96. The molecule has 0 spiro atoms. The van der Waals surface area contributed by atoms with Crippen molar-refractivity contribution in [3.63, 3.8) is 0 Å². The number of likely N-dealkylation sites (N-methyl/N-ethyl adjacent to an activating group) is 1. The minimum Gasteiger partial charge on any atom is -0.375 e. The molecule has 2 N–H and O–H groups in total. The van der Waals surface area contributed by atoms with Crippen molar-refractivity contribution in [3.8, 4) is 11.8 Å². The Hall–Kier alpha value is -3.51. The van der Waals surface area contributed by atoms with Crippen LogP contribution in [0.3, 0.4) is 0 Å². The Morgan fingerprint density at radius 2 is 2.16 bits per heavy atom. The van der Waals surface area contributed by atoms with Gasteiger partial charge in [0.05, 0.1) is 34.0 Å². The molecule has 9 heteroatoms. The molecule has 3 aliphatic rings. The molecule has 1 amide bonds. The number of nitrogens with zero attached hydrogens (tertiary/aromatic N) is 3. The van der Waals surface area contributed by atoms with Gasteiger partial charge in [-0.2, -0.15) is 0 Å². The Morgan fingerprint density at radius 3 is 2.89 bits per heavy atom. The summed E-state index contributed by atoms with van der Waals surface area (Å²) in [5, 5.41) is 6.87. The largest absolute Gasteiger partial charge is 0.375 e. The molecule has 1 aromatic heterocycles. The van der Waals surface area contributed by atoms with E-state index in [-0.39, 0.29) is 16.3 Å². The highest BCUT2D eigenvalue weighted by Gasteiger charge is 2.65. The molecule has 4 atom stereocenters. The lowest BCUT2D eigenvalue weighted by Gasteiger charge is -2.49. The van der Waals surface area contributed by atoms with E-state index in [2.05, 4.69) is 32.4 Å². The maximum absolute atomic E-state index is 13.7. The highest BCUT2D eigenvalue weighted by atomic mass is 35.5. The zero-order valence-electron chi connectivity index (χ0n) is 21.1. The van der Waals surface area contributed by atoms with Gasteiger partial charge < -0.3 is 20.3 Å². The summed E-state index contributed by atoms with van der Waals surface area (Å²) in [5.41, 5.74) is 2.53. The maximum Gasteiger partial charge on any atom is 0.248 e. The van der Waals surface area contributed by atoms with E-state index in [0.29, 0.717) is 58.3 Å². The number of halogens is 2. The van der Waals surface area contributed by atoms with E-state index >= 15 is 0 Å². The third-order valence-electron chi connectivity index (χ3n) is 7.60. The highest BCUT2D eigenvalue weighted by molar-refractivity contribution is 6.31. The molecule has 2 aromatic carbocycles. The van der Waals surface area contributed by atoms with Gasteiger partial charge in [0.25, 0.3) is 0 Å². The summed E-state index contributed by atoms with van der Waals surface area (Å²) in [5.74, 6) is 7.20. The highest BCUT2D eigenvalue weighted by Crippen LogP contribution is 2.64. The number of ether oxygens (including phenoxy) is 1. The number of carbonyl (C=O) groups excluding carboxylic acids is 1. The number of hydrogen-bond acceptors (Lipinski definition) is 6. The molecule has 2 bridgehead atoms. The molecule has 38 heavy (non-hydrogen) atoms. The second kappa shape index (κ2) is 9.66. The average Bonchev–Trinajstić information content (AvgIpc) is 3.35. The Morgan fingerprint density at radius 1 is 1.29 bits per heavy atom. The van der Waals surface area contributed by atoms with Crippen LogP contribution in [-0.4, -0.2) is 53.6 Å². The number of benzene rings is 2. The van der Waals surface area contributed by atoms with Crippen molar-refractivity contribution >= 4 is 45.6 Å². The second-order valence-electron chi connectivity index (χ2n) is 10.5. The van der Waals surface area contributed by atoms with E-state index in [4.69, 9.17) is 16.3 Å². The van der Waals surface area contributed by atoms with Crippen LogP contribution in [0.1, 0.15) is 24.8 Å². The summed E-state index contributed by atoms with van der Waals surface area (Å²) in [7, 11) is 3.88. The molecular formula is C29H27ClFN5O2. The van der Waals surface area contributed by atoms with Crippen molar-refractivity contribution in [1.29, 1.82) is 0 Å². The number of hydrogen-bond donors (Lipinski definition) is 2. The van der Waals surface area contributed by atoms with Crippen molar-refractivity contribution in [2.24, 2.45) is 11.3 Å². The zero-order valence-corrected chi connectivity index (χ0v) is 21.8. The van der Waals surface area contributed by atoms with E-state index in [9.17, 15) is 9.18 Å². The van der Waals surface area contributed by atoms with Crippen LogP contribution in [0, 0.1) is 29.0 Å². The van der Waals surface area contributed by atoms with Gasteiger partial charge in [0.2, 0.25) is 5.91 Å². The maximum atomic E-state index is 13.7. The van der Waals surface area contributed by atoms with Gasteiger partial charge in [-0.05, 0) is 63.7 Å². The molecule has 1 saturated heterocycles. The minimum absolute atomic E-state index is 0.00649. The van der Waals surface area contributed by atoms with Gasteiger partial charge in [0.15, 0.2) is 0 Å². The van der Waals surface area contributed by atoms with Crippen LogP contribution in [0.25, 0.3) is 10.9 Å². The second-order valence-corrected chi connectivity index (χ2v) is 10.9. The molecule has 2 saturated carbocycles. The lowest BCUT2D eigenvalue weighted by atomic mass is 9.60. The Balaban J connectivity index is 1.36. The number of aromatic nitrogens is 2. The van der Waals surface area contributed by atoms with Crippen LogP contribution in [-0.2, 0) is 9.53 Å². The molecule has 2 unspecified atom stereocenters. The molecule has 6 rings (SSSR count). The average molecular weight is 532 g/mol. The van der Waals surface area contributed by atoms with Gasteiger partial charge in [-0.3, -0.25) is 4.79 Å². The number of nitrogens with one attached hydrogen (secondary N) is 2. The molecule has 1 aliphatic heterocycles. The number of carbonyl (C=O) groups is 1. The molecule has 3 aromatic rings. The first-order chi connectivity index (χ1) is 18.3. The third kappa shape index (κ3) is 4.62. The Labute approximate surface area is 225 Å². The van der Waals surface area contributed by atoms with Crippen molar-refractivity contribution in [3.05, 3.63) is 65.2 Å². The minimum atomic E-state index is -0.500. The first-order valence-corrected chi connectivity index (χ1v) is 13.0. The van der Waals surface area contributed by atoms with Crippen LogP contribution in [0.5, 0.6) is 0 Å². The Bertz CT molecular complexity index is 1530. The van der Waals surface area contributed by atoms with E-state index < -0.39 is 5.82 Å². The standard InChI is InChI=1S/C29H27ClFN5O2/c1-36(2)9-3-4-27(37)35-24-13-20-25(32-16-33-28(20)34-18-5-6-23(31)22(30)11-18)10-17(24)7-8-29-14-19-12-21(29)26(15-29)38-19/h3-6,10-11,13,16,19,21,26H,9,12,14-15H2,1-2H3,(H,35,37)(H,32,33,34)/b4-3+/t19-,21?,26?,29+/m0/s1. The van der Waals surface area contributed by atoms with Crippen LogP contribution < -0.4 is 10.6 Å². The predicted octanol–water partition coefficient (Wildman–Crippen LogP) is 5.14. The lowest BCUT2D eigenvalue weighted by molar-refractivity contribution is -0.128. The van der Waals surface area contributed by atoms with E-state index in [1.165, 1.54) is 24.5 Å². The molecule has 7 nitrogen and oxygen atoms in total. The van der Waals surface area contributed by atoms with Gasteiger partial charge in [-0.1, -0.05) is 29.5 Å². The van der Waals surface area contributed by atoms with Crippen LogP contribution in [0.2, 0.25) is 5.02 Å². The topological polar surface area (TPSA) is 79.4 Å². The number of amides is 1. The normalized spacial score (nSPS) is 24.9. The third-order valence-corrected chi connectivity index (χ3v) is 7.89. The van der Waals surface area contributed by atoms with Gasteiger partial charge in [-0.15, -0.1) is 0 Å². The summed E-state index contributed by atoms with van der Waals surface area (Å²) in [6.07, 6.45) is 8.49. The van der Waals surface area contributed by atoms with Gasteiger partial charge in [0, 0.05) is 35.0 Å². The lowest BCUT2D eigenvalue weighted by Crippen LogP contribution is -2.50. The van der Waals surface area contributed by atoms with Crippen molar-refractivity contribution in [2.45, 2.75) is 31.5 Å². The van der Waals surface area contributed by atoms with Crippen molar-refractivity contribution in [2.75, 3.05) is 31.3 Å². The summed E-state index contributed by atoms with van der Waals surface area (Å²) < 4.78 is 19.6. The van der Waals surface area contributed by atoms with Gasteiger partial charge in [-0.25, -0.2) is 14.4 Å². The zero-order chi connectivity index (χ0) is 26.4. The molecule has 194 valence electrons. The fourth-order valence-electron chi connectivity index (χ4n) is 5.78. The van der Waals surface area contributed by atoms with E-state index in [0.717, 1.165) is 19.3 Å². The quantitative estimate of drug-likeness (QED) is 0.339. The van der Waals surface area contributed by atoms with Crippen LogP contribution in [0.15, 0.2) is 48.8 Å². The summed E-state index contributed by atoms with van der Waals surface area (Å²) in [6, 6.07) is 8.07. The number of anilines is 3. The monoisotopic (exact) mass is 531 g/mol.